The smallest absolute Gasteiger partial charge is 0.286 e. The van der Waals surface area contributed by atoms with Crippen LogP contribution < -0.4 is 10.6 Å². The number of carbonyl (C=O) groups excluding carboxylic acids is 2. The van der Waals surface area contributed by atoms with E-state index < -0.39 is 0 Å². The van der Waals surface area contributed by atoms with Crippen molar-refractivity contribution in [2.24, 2.45) is 0 Å². The van der Waals surface area contributed by atoms with Crippen LogP contribution in [0.15, 0.2) is 24.3 Å². The van der Waals surface area contributed by atoms with Crippen molar-refractivity contribution in [3.8, 4) is 0 Å². The molecule has 1 saturated heterocycles. The monoisotopic (exact) mass is 450 g/mol. The van der Waals surface area contributed by atoms with E-state index >= 15 is 0 Å². The number of aryl methyl sites for hydroxylation is 1. The normalized spacial score (nSPS) is 15.1. The number of anilines is 1. The van der Waals surface area contributed by atoms with E-state index in [0.29, 0.717) is 35.1 Å². The summed E-state index contributed by atoms with van der Waals surface area (Å²) in [6.07, 6.45) is 1.74. The third-order valence-corrected chi connectivity index (χ3v) is 6.10. The predicted molar refractivity (Wildman–Crippen MR) is 119 cm³/mol. The molecule has 0 aliphatic carbocycles. The molecule has 30 heavy (non-hydrogen) atoms. The molecule has 2 heterocycles. The number of carbonyl (C=O) groups is 2. The Balaban J connectivity index is 1.33. The summed E-state index contributed by atoms with van der Waals surface area (Å²) in [5, 5.41) is 15.1. The number of aromatic nitrogens is 2. The number of hydrogen-bond acceptors (Lipinski definition) is 7. The maximum atomic E-state index is 12.3. The molecule has 2 amide bonds. The number of likely N-dealkylation sites (N-methyl/N-ethyl adjacent to an activating group) is 1. The lowest BCUT2D eigenvalue weighted by atomic mass is 10.3. The third kappa shape index (κ3) is 7.32. The van der Waals surface area contributed by atoms with Crippen LogP contribution in [0.5, 0.6) is 0 Å². The topological polar surface area (TPSA) is 90.5 Å². The molecule has 0 saturated carbocycles. The van der Waals surface area contributed by atoms with Gasteiger partial charge in [0.15, 0.2) is 0 Å². The average molecular weight is 451 g/mol. The van der Waals surface area contributed by atoms with E-state index in [9.17, 15) is 9.59 Å². The number of rotatable bonds is 9. The van der Waals surface area contributed by atoms with Gasteiger partial charge in [-0.25, -0.2) is 0 Å². The lowest BCUT2D eigenvalue weighted by molar-refractivity contribution is -0.121. The van der Waals surface area contributed by atoms with Crippen molar-refractivity contribution in [3.05, 3.63) is 39.3 Å². The van der Waals surface area contributed by atoms with Gasteiger partial charge >= 0.3 is 0 Å². The van der Waals surface area contributed by atoms with Gasteiger partial charge in [0, 0.05) is 56.3 Å². The summed E-state index contributed by atoms with van der Waals surface area (Å²) in [6, 6.07) is 6.90. The summed E-state index contributed by atoms with van der Waals surface area (Å²) >= 11 is 7.12. The molecular formula is C20H27ClN6O2S. The first-order valence-corrected chi connectivity index (χ1v) is 11.3. The van der Waals surface area contributed by atoms with Crippen molar-refractivity contribution < 1.29 is 9.59 Å². The predicted octanol–water partition coefficient (Wildman–Crippen LogP) is 2.13. The highest BCUT2D eigenvalue weighted by Crippen LogP contribution is 2.17. The highest BCUT2D eigenvalue weighted by atomic mass is 35.5. The van der Waals surface area contributed by atoms with Crippen LogP contribution in [0.3, 0.4) is 0 Å². The van der Waals surface area contributed by atoms with Gasteiger partial charge in [-0.05, 0) is 38.2 Å². The van der Waals surface area contributed by atoms with Crippen molar-refractivity contribution in [2.45, 2.75) is 19.3 Å². The summed E-state index contributed by atoms with van der Waals surface area (Å²) in [7, 11) is 2.14. The van der Waals surface area contributed by atoms with E-state index in [2.05, 4.69) is 37.7 Å². The first kappa shape index (κ1) is 22.6. The Hall–Kier alpha value is -2.07. The molecule has 1 aliphatic heterocycles. The quantitative estimate of drug-likeness (QED) is 0.569. The van der Waals surface area contributed by atoms with Crippen molar-refractivity contribution in [2.75, 3.05) is 51.6 Å². The fourth-order valence-electron chi connectivity index (χ4n) is 3.11. The summed E-state index contributed by atoms with van der Waals surface area (Å²) in [5.41, 5.74) is 0.597. The van der Waals surface area contributed by atoms with Crippen molar-refractivity contribution in [1.82, 2.24) is 25.3 Å². The van der Waals surface area contributed by atoms with Crippen LogP contribution in [-0.2, 0) is 11.2 Å². The lowest BCUT2D eigenvalue weighted by Crippen LogP contribution is -2.45. The zero-order valence-electron chi connectivity index (χ0n) is 17.1. The molecule has 0 bridgehead atoms. The summed E-state index contributed by atoms with van der Waals surface area (Å²) in [4.78, 5) is 29.1. The van der Waals surface area contributed by atoms with Gasteiger partial charge in [0.2, 0.25) is 10.9 Å². The van der Waals surface area contributed by atoms with Crippen LogP contribution in [0, 0.1) is 0 Å². The summed E-state index contributed by atoms with van der Waals surface area (Å²) in [5.74, 6) is -0.345. The second-order valence-electron chi connectivity index (χ2n) is 7.31. The molecule has 1 aromatic heterocycles. The maximum absolute atomic E-state index is 12.3. The largest absolute Gasteiger partial charge is 0.356 e. The van der Waals surface area contributed by atoms with E-state index in [1.165, 1.54) is 11.3 Å². The second kappa shape index (κ2) is 11.4. The highest BCUT2D eigenvalue weighted by Gasteiger charge is 2.15. The minimum absolute atomic E-state index is 0.00601. The number of amides is 2. The van der Waals surface area contributed by atoms with Gasteiger partial charge in [-0.3, -0.25) is 9.59 Å². The van der Waals surface area contributed by atoms with Gasteiger partial charge in [-0.15, -0.1) is 10.2 Å². The molecule has 0 spiro atoms. The number of benzene rings is 1. The zero-order chi connectivity index (χ0) is 21.3. The zero-order valence-corrected chi connectivity index (χ0v) is 18.6. The molecule has 10 heteroatoms. The Bertz CT molecular complexity index is 853. The van der Waals surface area contributed by atoms with Crippen molar-refractivity contribution in [3.63, 3.8) is 0 Å². The molecule has 8 nitrogen and oxygen atoms in total. The molecule has 1 aliphatic rings. The Kier molecular flexibility index (Phi) is 8.56. The summed E-state index contributed by atoms with van der Waals surface area (Å²) < 4.78 is 0. The van der Waals surface area contributed by atoms with Crippen LogP contribution in [0.2, 0.25) is 5.02 Å². The van der Waals surface area contributed by atoms with Gasteiger partial charge in [0.25, 0.3) is 5.91 Å². The Labute approximate surface area is 185 Å². The molecule has 3 rings (SSSR count). The van der Waals surface area contributed by atoms with E-state index in [1.807, 2.05) is 0 Å². The van der Waals surface area contributed by atoms with Crippen molar-refractivity contribution >= 4 is 40.4 Å². The molecule has 162 valence electrons. The average Bonchev–Trinajstić information content (AvgIpc) is 3.20. The Morgan fingerprint density at radius 1 is 1.20 bits per heavy atom. The number of nitrogens with one attached hydrogen (secondary N) is 2. The molecular weight excluding hydrogens is 424 g/mol. The first-order chi connectivity index (χ1) is 14.5. The molecule has 0 unspecified atom stereocenters. The van der Waals surface area contributed by atoms with E-state index in [-0.39, 0.29) is 16.8 Å². The van der Waals surface area contributed by atoms with E-state index in [1.54, 1.807) is 24.3 Å². The number of nitrogens with zero attached hydrogens (tertiary/aromatic N) is 4. The molecule has 2 aromatic rings. The minimum Gasteiger partial charge on any atom is -0.356 e. The number of piperazine rings is 1. The Morgan fingerprint density at radius 3 is 2.77 bits per heavy atom. The third-order valence-electron chi connectivity index (χ3n) is 4.88. The number of halogens is 1. The van der Waals surface area contributed by atoms with Gasteiger partial charge in [0.05, 0.1) is 0 Å². The summed E-state index contributed by atoms with van der Waals surface area (Å²) in [6.45, 7) is 6.08. The Morgan fingerprint density at radius 2 is 2.00 bits per heavy atom. The van der Waals surface area contributed by atoms with Gasteiger partial charge in [-0.2, -0.15) is 0 Å². The van der Waals surface area contributed by atoms with Crippen LogP contribution in [0.1, 0.15) is 27.7 Å². The highest BCUT2D eigenvalue weighted by molar-refractivity contribution is 7.13. The van der Waals surface area contributed by atoms with Gasteiger partial charge in [0.1, 0.15) is 5.01 Å². The molecule has 1 fully saturated rings. The van der Waals surface area contributed by atoms with Gasteiger partial charge in [-0.1, -0.05) is 29.0 Å². The molecule has 2 N–H and O–H groups in total. The van der Waals surface area contributed by atoms with Crippen molar-refractivity contribution in [1.29, 1.82) is 0 Å². The minimum atomic E-state index is -0.339. The van der Waals surface area contributed by atoms with Crippen LogP contribution in [0.25, 0.3) is 0 Å². The van der Waals surface area contributed by atoms with Crippen LogP contribution >= 0.6 is 22.9 Å². The lowest BCUT2D eigenvalue weighted by Gasteiger charge is -2.32. The van der Waals surface area contributed by atoms with Crippen LogP contribution in [-0.4, -0.2) is 78.1 Å². The fourth-order valence-corrected chi connectivity index (χ4v) is 4.03. The van der Waals surface area contributed by atoms with Crippen LogP contribution in [0.4, 0.5) is 5.69 Å². The molecule has 0 radical (unpaired) electrons. The number of hydrogen-bond donors (Lipinski definition) is 2. The molecule has 0 atom stereocenters. The first-order valence-electron chi connectivity index (χ1n) is 10.1. The fraction of sp³-hybridized carbons (Fsp3) is 0.500. The second-order valence-corrected chi connectivity index (χ2v) is 8.81. The van der Waals surface area contributed by atoms with Gasteiger partial charge < -0.3 is 20.4 Å². The maximum Gasteiger partial charge on any atom is 0.286 e. The standard InChI is InChI=1S/C20H27ClN6O2S/c1-26-10-12-27(13-11-26)9-3-8-22-17(28)6-7-18-24-25-20(30-18)19(29)23-16-5-2-4-15(21)14-16/h2,4-5,14H,3,6-13H2,1H3,(H,22,28)(H,23,29). The molecule has 1 aromatic carbocycles. The van der Waals surface area contributed by atoms with E-state index in [0.717, 1.165) is 39.1 Å². The SMILES string of the molecule is CN1CCN(CCCNC(=O)CCc2nnc(C(=O)Nc3cccc(Cl)c3)s2)CC1. The van der Waals surface area contributed by atoms with E-state index in [4.69, 9.17) is 11.6 Å².